The molecule has 0 aliphatic rings. The summed E-state index contributed by atoms with van der Waals surface area (Å²) >= 11 is 0. The van der Waals surface area contributed by atoms with Gasteiger partial charge in [0.25, 0.3) is 0 Å². The number of hydrogen-bond acceptors (Lipinski definition) is 0. The average molecular weight is 259 g/mol. The quantitative estimate of drug-likeness (QED) is 0.465. The van der Waals surface area contributed by atoms with E-state index in [1.807, 2.05) is 27.2 Å². The second kappa shape index (κ2) is 43.5. The molecule has 0 atom stereocenters. The summed E-state index contributed by atoms with van der Waals surface area (Å²) in [4.78, 5) is 0. The monoisotopic (exact) mass is 258 g/mol. The van der Waals surface area contributed by atoms with Crippen molar-refractivity contribution in [1.29, 1.82) is 0 Å². The minimum Gasteiger partial charge on any atom is -0.0683 e. The van der Waals surface area contributed by atoms with Crippen LogP contribution in [-0.4, -0.2) is 0 Å². The molecule has 0 aliphatic heterocycles. The Morgan fingerprint density at radius 1 is 0.944 bits per heavy atom. The number of hydrogen-bond donors (Lipinski definition) is 0. The zero-order chi connectivity index (χ0) is 15.3. The molecule has 0 spiro atoms. The van der Waals surface area contributed by atoms with Crippen molar-refractivity contribution in [3.63, 3.8) is 0 Å². The Bertz CT molecular complexity index is 46.9. The summed E-state index contributed by atoms with van der Waals surface area (Å²) in [6.07, 6.45) is 5.28. The lowest BCUT2D eigenvalue weighted by Crippen LogP contribution is -1.94. The molecule has 114 valence electrons. The lowest BCUT2D eigenvalue weighted by Gasteiger charge is -2.05. The first-order valence-electron chi connectivity index (χ1n) is 6.63. The maximum Gasteiger partial charge on any atom is -0.0382 e. The molecule has 0 N–H and O–H groups in total. The van der Waals surface area contributed by atoms with E-state index < -0.39 is 0 Å². The first kappa shape index (κ1) is 36.1. The van der Waals surface area contributed by atoms with E-state index in [9.17, 15) is 0 Å². The van der Waals surface area contributed by atoms with Gasteiger partial charge in [-0.2, -0.15) is 0 Å². The zero-order valence-electron chi connectivity index (χ0n) is 15.0. The smallest absolute Gasteiger partial charge is 0.0382 e. The molecule has 0 amide bonds. The Balaban J connectivity index is -0.0000000255. The maximum atomic E-state index is 3.77. The van der Waals surface area contributed by atoms with E-state index in [1.54, 1.807) is 6.92 Å². The van der Waals surface area contributed by atoms with Crippen LogP contribution in [0.3, 0.4) is 0 Å². The summed E-state index contributed by atoms with van der Waals surface area (Å²) in [5, 5.41) is 0. The highest BCUT2D eigenvalue weighted by Gasteiger charge is 1.95. The summed E-state index contributed by atoms with van der Waals surface area (Å²) in [6, 6.07) is 0. The van der Waals surface area contributed by atoms with Gasteiger partial charge in [-0.1, -0.05) is 103 Å². The fourth-order valence-electron chi connectivity index (χ4n) is 0. The minimum atomic E-state index is 0. The van der Waals surface area contributed by atoms with Crippen LogP contribution in [0.15, 0.2) is 0 Å². The van der Waals surface area contributed by atoms with Crippen molar-refractivity contribution in [3.05, 3.63) is 41.5 Å². The largest absolute Gasteiger partial charge is 0.0683 e. The van der Waals surface area contributed by atoms with Crippen molar-refractivity contribution >= 4 is 0 Å². The van der Waals surface area contributed by atoms with E-state index in [-0.39, 0.29) is 12.8 Å². The summed E-state index contributed by atoms with van der Waals surface area (Å²) < 4.78 is 0. The van der Waals surface area contributed by atoms with Gasteiger partial charge in [0, 0.05) is 0 Å². The van der Waals surface area contributed by atoms with Crippen LogP contribution >= 0.6 is 0 Å². The molecular formula is C18H42. The summed E-state index contributed by atoms with van der Waals surface area (Å²) in [5.41, 5.74) is 0.250. The summed E-state index contributed by atoms with van der Waals surface area (Å²) in [6.45, 7) is 30.2. The highest BCUT2D eigenvalue weighted by atomic mass is 14.0. The Labute approximate surface area is 122 Å². The molecule has 0 heterocycles. The van der Waals surface area contributed by atoms with Gasteiger partial charge in [-0.25, -0.2) is 0 Å². The Morgan fingerprint density at radius 3 is 1.00 bits per heavy atom. The molecule has 0 rings (SSSR count). The first-order valence-corrected chi connectivity index (χ1v) is 6.63. The second-order valence-corrected chi connectivity index (χ2v) is 4.49. The zero-order valence-corrected chi connectivity index (χ0v) is 15.0. The highest BCUT2D eigenvalue weighted by molar-refractivity contribution is 4.60. The van der Waals surface area contributed by atoms with Gasteiger partial charge >= 0.3 is 0 Å². The predicted octanol–water partition coefficient (Wildman–Crippen LogP) is 7.24. The third-order valence-electron chi connectivity index (χ3n) is 0.354. The normalized spacial score (nSPS) is 7.33. The van der Waals surface area contributed by atoms with E-state index in [2.05, 4.69) is 55.4 Å². The topological polar surface area (TPSA) is 0 Å². The molecule has 0 aromatic rings. The molecule has 0 heteroatoms. The highest BCUT2D eigenvalue weighted by Crippen LogP contribution is 2.07. The van der Waals surface area contributed by atoms with Crippen LogP contribution in [0.25, 0.3) is 0 Å². The van der Waals surface area contributed by atoms with Crippen molar-refractivity contribution in [2.45, 2.75) is 74.7 Å². The number of unbranched alkanes of at least 4 members (excludes halogenated alkanes) is 1. The van der Waals surface area contributed by atoms with E-state index in [0.29, 0.717) is 0 Å². The van der Waals surface area contributed by atoms with Gasteiger partial charge in [0.15, 0.2) is 0 Å². The van der Waals surface area contributed by atoms with Gasteiger partial charge in [-0.05, 0) is 18.8 Å². The van der Waals surface area contributed by atoms with Crippen molar-refractivity contribution in [2.75, 3.05) is 0 Å². The average Bonchev–Trinajstić information content (AvgIpc) is 2.20. The van der Waals surface area contributed by atoms with Gasteiger partial charge in [0.1, 0.15) is 0 Å². The summed E-state index contributed by atoms with van der Waals surface area (Å²) in [5.74, 6) is 0. The Kier molecular flexibility index (Phi) is 87.3. The van der Waals surface area contributed by atoms with Gasteiger partial charge in [0.05, 0.1) is 0 Å². The molecular weight excluding hydrogens is 216 g/mol. The first-order chi connectivity index (χ1) is 7.74. The SMILES string of the molecule is C[CH]C.[CH2]C.[CH2]C(C)(C)C.[CH2]CC.[CH2]CCC.[CH3]. The third-order valence-corrected chi connectivity index (χ3v) is 0.354. The Morgan fingerprint density at radius 2 is 1.00 bits per heavy atom. The molecule has 0 nitrogen and oxygen atoms in total. The molecule has 0 unspecified atom stereocenters. The molecule has 0 aromatic carbocycles. The molecule has 18 heavy (non-hydrogen) atoms. The van der Waals surface area contributed by atoms with Crippen molar-refractivity contribution in [3.8, 4) is 0 Å². The standard InChI is InChI=1S/C5H11.C4H9.2C3H7.C2H5.CH3/c1-5(2,3)4;1-3-4-2;2*1-3-2;1-2;/h1H2,2-4H3;1,3-4H2,2H3;3H,1-2H3;1,3H2,2H3;1H2,2H3;1H3. The maximum absolute atomic E-state index is 3.77. The van der Waals surface area contributed by atoms with Gasteiger partial charge in [-0.3, -0.25) is 0 Å². The van der Waals surface area contributed by atoms with Crippen LogP contribution in [-0.2, 0) is 0 Å². The fraction of sp³-hybridized carbons (Fsp3) is 0.667. The van der Waals surface area contributed by atoms with Crippen molar-refractivity contribution in [1.82, 2.24) is 0 Å². The second-order valence-electron chi connectivity index (χ2n) is 4.49. The molecule has 0 fully saturated rings. The van der Waals surface area contributed by atoms with E-state index in [0.717, 1.165) is 12.8 Å². The predicted molar refractivity (Wildman–Crippen MR) is 93.8 cm³/mol. The van der Waals surface area contributed by atoms with Gasteiger partial charge in [-0.15, -0.1) is 0 Å². The van der Waals surface area contributed by atoms with Gasteiger partial charge < -0.3 is 0 Å². The van der Waals surface area contributed by atoms with Crippen LogP contribution < -0.4 is 0 Å². The molecule has 0 bridgehead atoms. The minimum absolute atomic E-state index is 0. The third kappa shape index (κ3) is 3600. The summed E-state index contributed by atoms with van der Waals surface area (Å²) in [7, 11) is 0. The van der Waals surface area contributed by atoms with Crippen LogP contribution in [0, 0.1) is 47.0 Å². The van der Waals surface area contributed by atoms with Crippen LogP contribution in [0.2, 0.25) is 0 Å². The van der Waals surface area contributed by atoms with Crippen molar-refractivity contribution in [2.24, 2.45) is 5.41 Å². The fourth-order valence-corrected chi connectivity index (χ4v) is 0. The molecule has 0 saturated carbocycles. The number of rotatable bonds is 1. The Hall–Kier alpha value is 0. The van der Waals surface area contributed by atoms with E-state index in [1.165, 1.54) is 6.42 Å². The molecule has 0 saturated heterocycles. The lowest BCUT2D eigenvalue weighted by molar-refractivity contribution is 0.539. The van der Waals surface area contributed by atoms with Crippen LogP contribution in [0.4, 0.5) is 0 Å². The molecule has 6 radical (unpaired) electrons. The van der Waals surface area contributed by atoms with Gasteiger partial charge in [0.2, 0.25) is 0 Å². The van der Waals surface area contributed by atoms with Crippen LogP contribution in [0.5, 0.6) is 0 Å². The van der Waals surface area contributed by atoms with Crippen LogP contribution in [0.1, 0.15) is 74.7 Å². The molecule has 0 aliphatic carbocycles. The molecule has 0 aromatic heterocycles. The van der Waals surface area contributed by atoms with E-state index >= 15 is 0 Å². The van der Waals surface area contributed by atoms with Crippen molar-refractivity contribution < 1.29 is 0 Å². The lowest BCUT2D eigenvalue weighted by atomic mass is 10.0. The van der Waals surface area contributed by atoms with E-state index in [4.69, 9.17) is 0 Å².